The van der Waals surface area contributed by atoms with Gasteiger partial charge in [0.2, 0.25) is 0 Å². The molecule has 0 aliphatic carbocycles. The largest absolute Gasteiger partial charge is 0.291 e. The van der Waals surface area contributed by atoms with Crippen LogP contribution in [0.4, 0.5) is 8.78 Å². The quantitative estimate of drug-likeness (QED) is 0.347. The van der Waals surface area contributed by atoms with E-state index in [1.807, 2.05) is 35.7 Å². The van der Waals surface area contributed by atoms with Crippen molar-refractivity contribution >= 4 is 33.3 Å². The molecular weight excluding hydrogens is 374 g/mol. The number of alkyl halides is 2. The number of thiophene rings is 1. The Kier molecular flexibility index (Phi) is 4.57. The van der Waals surface area contributed by atoms with Crippen molar-refractivity contribution in [1.82, 2.24) is 9.55 Å². The fourth-order valence-corrected chi connectivity index (χ4v) is 4.36. The van der Waals surface area contributed by atoms with Crippen molar-refractivity contribution in [3.05, 3.63) is 76.4 Å². The number of rotatable bonds is 4. The molecule has 2 aromatic carbocycles. The molecule has 0 aliphatic rings. The van der Waals surface area contributed by atoms with Crippen LogP contribution in [0.2, 0.25) is 0 Å². The average molecular weight is 386 g/mol. The van der Waals surface area contributed by atoms with Gasteiger partial charge in [-0.15, -0.1) is 11.3 Å². The van der Waals surface area contributed by atoms with Crippen LogP contribution in [0.1, 0.15) is 0 Å². The normalized spacial score (nSPS) is 11.3. The maximum absolute atomic E-state index is 13.3. The molecule has 2 heterocycles. The number of nitrogens with zero attached hydrogens (tertiary/aromatic N) is 2. The lowest BCUT2D eigenvalue weighted by Gasteiger charge is -2.12. The van der Waals surface area contributed by atoms with Gasteiger partial charge in [0.1, 0.15) is 4.83 Å². The van der Waals surface area contributed by atoms with Gasteiger partial charge >= 0.3 is 0 Å². The number of para-hydroxylation sites is 1. The molecule has 0 aliphatic heterocycles. The van der Waals surface area contributed by atoms with Crippen molar-refractivity contribution in [1.29, 1.82) is 0 Å². The number of hydrogen-bond donors (Lipinski definition) is 0. The maximum Gasteiger partial charge on any atom is 0.291 e. The van der Waals surface area contributed by atoms with Gasteiger partial charge in [-0.2, -0.15) is 8.78 Å². The van der Waals surface area contributed by atoms with Crippen LogP contribution in [0.3, 0.4) is 0 Å². The zero-order valence-corrected chi connectivity index (χ0v) is 14.9. The Morgan fingerprint density at radius 3 is 2.31 bits per heavy atom. The summed E-state index contributed by atoms with van der Waals surface area (Å²) in [5, 5.41) is 2.29. The monoisotopic (exact) mass is 386 g/mol. The van der Waals surface area contributed by atoms with Crippen molar-refractivity contribution < 1.29 is 8.78 Å². The Balaban J connectivity index is 2.04. The van der Waals surface area contributed by atoms with Gasteiger partial charge in [-0.1, -0.05) is 48.5 Å². The lowest BCUT2D eigenvalue weighted by molar-refractivity contribution is 0.251. The summed E-state index contributed by atoms with van der Waals surface area (Å²) in [5.74, 6) is -2.66. The molecule has 0 atom stereocenters. The number of halogens is 2. The second kappa shape index (κ2) is 7.01. The topological polar surface area (TPSA) is 34.9 Å². The first kappa shape index (κ1) is 16.9. The molecular formula is C19H12F2N2OS2. The summed E-state index contributed by atoms with van der Waals surface area (Å²) in [7, 11) is 0. The van der Waals surface area contributed by atoms with E-state index in [4.69, 9.17) is 0 Å². The van der Waals surface area contributed by atoms with Crippen LogP contribution in [0.5, 0.6) is 0 Å². The molecule has 0 saturated heterocycles. The van der Waals surface area contributed by atoms with Crippen molar-refractivity contribution in [3.8, 4) is 16.8 Å². The van der Waals surface area contributed by atoms with Gasteiger partial charge in [-0.25, -0.2) is 4.98 Å². The SMILES string of the molecule is O=c1c2c(-c3ccccc3)csc2nc(SC(F)F)n1-c1ccccc1. The molecule has 7 heteroatoms. The first-order valence-corrected chi connectivity index (χ1v) is 9.51. The van der Waals surface area contributed by atoms with E-state index in [9.17, 15) is 13.6 Å². The highest BCUT2D eigenvalue weighted by molar-refractivity contribution is 7.99. The van der Waals surface area contributed by atoms with E-state index in [0.29, 0.717) is 15.9 Å². The number of fused-ring (bicyclic) bond motifs is 1. The summed E-state index contributed by atoms with van der Waals surface area (Å²) in [6, 6.07) is 18.2. The second-order valence-electron chi connectivity index (χ2n) is 5.44. The van der Waals surface area contributed by atoms with Crippen LogP contribution in [0.25, 0.3) is 27.0 Å². The number of thioether (sulfide) groups is 1. The Labute approximate surface area is 155 Å². The molecule has 0 fully saturated rings. The van der Waals surface area contributed by atoms with Crippen LogP contribution < -0.4 is 5.56 Å². The molecule has 0 unspecified atom stereocenters. The van der Waals surface area contributed by atoms with Crippen LogP contribution in [0.15, 0.2) is 76.0 Å². The first-order valence-electron chi connectivity index (χ1n) is 7.75. The van der Waals surface area contributed by atoms with Gasteiger partial charge in [0.15, 0.2) is 5.16 Å². The summed E-state index contributed by atoms with van der Waals surface area (Å²) in [6.45, 7) is 0. The number of hydrogen-bond acceptors (Lipinski definition) is 4. The van der Waals surface area contributed by atoms with E-state index in [-0.39, 0.29) is 22.5 Å². The standard InChI is InChI=1S/C19H12F2N2OS2/c20-18(21)26-19-22-16-15(14(11-25-16)12-7-3-1-4-8-12)17(24)23(19)13-9-5-2-6-10-13/h1-11,18H. The third kappa shape index (κ3) is 3.04. The van der Waals surface area contributed by atoms with E-state index in [0.717, 1.165) is 11.1 Å². The predicted molar refractivity (Wildman–Crippen MR) is 103 cm³/mol. The van der Waals surface area contributed by atoms with Crippen LogP contribution >= 0.6 is 23.1 Å². The van der Waals surface area contributed by atoms with Crippen molar-refractivity contribution in [2.45, 2.75) is 10.9 Å². The van der Waals surface area contributed by atoms with E-state index in [1.165, 1.54) is 15.9 Å². The molecule has 4 aromatic rings. The van der Waals surface area contributed by atoms with Gasteiger partial charge in [0, 0.05) is 10.9 Å². The van der Waals surface area contributed by atoms with E-state index >= 15 is 0 Å². The third-order valence-electron chi connectivity index (χ3n) is 3.87. The highest BCUT2D eigenvalue weighted by Crippen LogP contribution is 2.33. The number of benzene rings is 2. The van der Waals surface area contributed by atoms with Gasteiger partial charge in [0.05, 0.1) is 11.1 Å². The molecule has 0 N–H and O–H groups in total. The molecule has 2 aromatic heterocycles. The lowest BCUT2D eigenvalue weighted by atomic mass is 10.1. The molecule has 26 heavy (non-hydrogen) atoms. The van der Waals surface area contributed by atoms with Crippen LogP contribution in [-0.2, 0) is 0 Å². The van der Waals surface area contributed by atoms with E-state index in [1.54, 1.807) is 30.3 Å². The summed E-state index contributed by atoms with van der Waals surface area (Å²) in [4.78, 5) is 18.1. The lowest BCUT2D eigenvalue weighted by Crippen LogP contribution is -2.21. The van der Waals surface area contributed by atoms with Gasteiger partial charge < -0.3 is 0 Å². The van der Waals surface area contributed by atoms with E-state index in [2.05, 4.69) is 4.98 Å². The average Bonchev–Trinajstić information content (AvgIpc) is 3.07. The molecule has 130 valence electrons. The Hall–Kier alpha value is -2.51. The minimum atomic E-state index is -2.66. The molecule has 0 amide bonds. The predicted octanol–water partition coefficient (Wildman–Crippen LogP) is 5.43. The molecule has 0 radical (unpaired) electrons. The van der Waals surface area contributed by atoms with Crippen molar-refractivity contribution in [2.75, 3.05) is 0 Å². The van der Waals surface area contributed by atoms with E-state index < -0.39 is 5.76 Å². The van der Waals surface area contributed by atoms with Crippen molar-refractivity contribution in [2.24, 2.45) is 0 Å². The van der Waals surface area contributed by atoms with Crippen LogP contribution in [-0.4, -0.2) is 15.3 Å². The Morgan fingerprint density at radius 2 is 1.65 bits per heavy atom. The maximum atomic E-state index is 13.3. The molecule has 0 bridgehead atoms. The minimum Gasteiger partial charge on any atom is -0.268 e. The fraction of sp³-hybridized carbons (Fsp3) is 0.0526. The summed E-state index contributed by atoms with van der Waals surface area (Å²) in [5.41, 5.74) is 1.83. The fourth-order valence-electron chi connectivity index (χ4n) is 2.77. The summed E-state index contributed by atoms with van der Waals surface area (Å²) < 4.78 is 27.3. The minimum absolute atomic E-state index is 0.00911. The first-order chi connectivity index (χ1) is 12.6. The highest BCUT2D eigenvalue weighted by Gasteiger charge is 2.20. The van der Waals surface area contributed by atoms with Gasteiger partial charge in [-0.05, 0) is 29.5 Å². The number of aromatic nitrogens is 2. The smallest absolute Gasteiger partial charge is 0.268 e. The molecule has 3 nitrogen and oxygen atoms in total. The molecule has 4 rings (SSSR count). The van der Waals surface area contributed by atoms with Gasteiger partial charge in [0.25, 0.3) is 11.3 Å². The third-order valence-corrected chi connectivity index (χ3v) is 5.41. The summed E-state index contributed by atoms with van der Waals surface area (Å²) in [6.07, 6.45) is 0. The second-order valence-corrected chi connectivity index (χ2v) is 7.26. The Bertz CT molecular complexity index is 1110. The van der Waals surface area contributed by atoms with Gasteiger partial charge in [-0.3, -0.25) is 9.36 Å². The summed E-state index contributed by atoms with van der Waals surface area (Å²) >= 11 is 1.56. The molecule has 0 spiro atoms. The molecule has 0 saturated carbocycles. The zero-order valence-electron chi connectivity index (χ0n) is 13.3. The highest BCUT2D eigenvalue weighted by atomic mass is 32.2. The van der Waals surface area contributed by atoms with Crippen molar-refractivity contribution in [3.63, 3.8) is 0 Å². The Morgan fingerprint density at radius 1 is 1.00 bits per heavy atom. The zero-order chi connectivity index (χ0) is 18.1. The van der Waals surface area contributed by atoms with Crippen LogP contribution in [0, 0.1) is 0 Å².